The third-order valence-corrected chi connectivity index (χ3v) is 2.46. The van der Waals surface area contributed by atoms with Crippen LogP contribution in [-0.2, 0) is 9.53 Å². The van der Waals surface area contributed by atoms with E-state index in [0.29, 0.717) is 13.1 Å². The first-order valence-electron chi connectivity index (χ1n) is 5.40. The van der Waals surface area contributed by atoms with Gasteiger partial charge in [-0.25, -0.2) is 0 Å². The summed E-state index contributed by atoms with van der Waals surface area (Å²) in [5, 5.41) is 9.05. The summed E-state index contributed by atoms with van der Waals surface area (Å²) >= 11 is 0. The van der Waals surface area contributed by atoms with Gasteiger partial charge in [-0.2, -0.15) is 0 Å². The largest absolute Gasteiger partial charge is 0.394 e. The number of carbonyl (C=O) groups excluding carboxylic acids is 1. The lowest BCUT2D eigenvalue weighted by molar-refractivity contribution is -0.154. The predicted octanol–water partition coefficient (Wildman–Crippen LogP) is 0.641. The molecule has 1 aliphatic rings. The van der Waals surface area contributed by atoms with Crippen LogP contribution in [0, 0.1) is 5.41 Å². The number of hydrogen-bond acceptors (Lipinski definition) is 3. The van der Waals surface area contributed by atoms with Crippen LogP contribution in [0.4, 0.5) is 0 Å². The van der Waals surface area contributed by atoms with E-state index in [-0.39, 0.29) is 30.1 Å². The van der Waals surface area contributed by atoms with E-state index in [9.17, 15) is 4.79 Å². The van der Waals surface area contributed by atoms with Gasteiger partial charge in [0.15, 0.2) is 0 Å². The molecule has 0 spiro atoms. The minimum Gasteiger partial charge on any atom is -0.394 e. The molecule has 4 nitrogen and oxygen atoms in total. The average molecular weight is 215 g/mol. The molecule has 0 aromatic heterocycles. The molecule has 0 radical (unpaired) electrons. The molecule has 0 aliphatic carbocycles. The van der Waals surface area contributed by atoms with Gasteiger partial charge in [0.1, 0.15) is 0 Å². The van der Waals surface area contributed by atoms with Crippen LogP contribution in [0.5, 0.6) is 0 Å². The van der Waals surface area contributed by atoms with E-state index in [1.54, 1.807) is 4.90 Å². The quantitative estimate of drug-likeness (QED) is 0.698. The molecule has 1 heterocycles. The molecule has 2 atom stereocenters. The molecular formula is C11H21NO3. The van der Waals surface area contributed by atoms with Crippen LogP contribution in [-0.4, -0.2) is 47.8 Å². The van der Waals surface area contributed by atoms with Gasteiger partial charge in [-0.05, 0) is 6.92 Å². The zero-order chi connectivity index (χ0) is 11.6. The Morgan fingerprint density at radius 1 is 1.47 bits per heavy atom. The minimum atomic E-state index is -0.364. The number of ether oxygens (including phenoxy) is 1. The zero-order valence-electron chi connectivity index (χ0n) is 9.99. The number of morpholine rings is 1. The van der Waals surface area contributed by atoms with Gasteiger partial charge < -0.3 is 14.7 Å². The number of hydrogen-bond donors (Lipinski definition) is 1. The van der Waals surface area contributed by atoms with E-state index < -0.39 is 0 Å². The van der Waals surface area contributed by atoms with Crippen LogP contribution in [0.3, 0.4) is 0 Å². The summed E-state index contributed by atoms with van der Waals surface area (Å²) in [5.41, 5.74) is -0.364. The molecule has 88 valence electrons. The van der Waals surface area contributed by atoms with Gasteiger partial charge in [0, 0.05) is 18.5 Å². The second-order valence-electron chi connectivity index (χ2n) is 5.21. The van der Waals surface area contributed by atoms with Crippen molar-refractivity contribution in [2.75, 3.05) is 19.7 Å². The van der Waals surface area contributed by atoms with Crippen molar-refractivity contribution < 1.29 is 14.6 Å². The molecular weight excluding hydrogens is 194 g/mol. The molecule has 1 saturated heterocycles. The maximum Gasteiger partial charge on any atom is 0.228 e. The molecule has 1 amide bonds. The van der Waals surface area contributed by atoms with Crippen LogP contribution in [0.1, 0.15) is 27.7 Å². The molecule has 1 rings (SSSR count). The van der Waals surface area contributed by atoms with E-state index in [1.807, 2.05) is 27.7 Å². The highest BCUT2D eigenvalue weighted by Crippen LogP contribution is 2.21. The van der Waals surface area contributed by atoms with E-state index in [0.717, 1.165) is 0 Å². The number of nitrogens with zero attached hydrogens (tertiary/aromatic N) is 1. The number of aliphatic hydroxyl groups is 1. The molecule has 15 heavy (non-hydrogen) atoms. The number of amides is 1. The van der Waals surface area contributed by atoms with Crippen molar-refractivity contribution in [3.05, 3.63) is 0 Å². The number of rotatable bonds is 1. The Morgan fingerprint density at radius 3 is 2.53 bits per heavy atom. The van der Waals surface area contributed by atoms with Crippen LogP contribution in [0.15, 0.2) is 0 Å². The van der Waals surface area contributed by atoms with Crippen molar-refractivity contribution in [2.24, 2.45) is 5.41 Å². The second-order valence-corrected chi connectivity index (χ2v) is 5.21. The van der Waals surface area contributed by atoms with Gasteiger partial charge in [-0.3, -0.25) is 4.79 Å². The maximum atomic E-state index is 12.0. The van der Waals surface area contributed by atoms with Gasteiger partial charge in [-0.15, -0.1) is 0 Å². The summed E-state index contributed by atoms with van der Waals surface area (Å²) in [6, 6.07) is 0. The fraction of sp³-hybridized carbons (Fsp3) is 0.909. The van der Waals surface area contributed by atoms with Gasteiger partial charge in [0.2, 0.25) is 5.91 Å². The normalized spacial score (nSPS) is 27.9. The topological polar surface area (TPSA) is 49.8 Å². The van der Waals surface area contributed by atoms with Crippen molar-refractivity contribution in [2.45, 2.75) is 39.9 Å². The third-order valence-electron chi connectivity index (χ3n) is 2.46. The predicted molar refractivity (Wildman–Crippen MR) is 57.5 cm³/mol. The lowest BCUT2D eigenvalue weighted by Crippen LogP contribution is -2.53. The second kappa shape index (κ2) is 4.49. The van der Waals surface area contributed by atoms with E-state index >= 15 is 0 Å². The fourth-order valence-electron chi connectivity index (χ4n) is 1.79. The average Bonchev–Trinajstić information content (AvgIpc) is 2.14. The summed E-state index contributed by atoms with van der Waals surface area (Å²) in [7, 11) is 0. The lowest BCUT2D eigenvalue weighted by Gasteiger charge is -2.38. The molecule has 0 aromatic carbocycles. The summed E-state index contributed by atoms with van der Waals surface area (Å²) < 4.78 is 5.48. The van der Waals surface area contributed by atoms with Gasteiger partial charge in [0.05, 0.1) is 18.8 Å². The Bertz CT molecular complexity index is 234. The first kappa shape index (κ1) is 12.5. The van der Waals surface area contributed by atoms with Crippen molar-refractivity contribution in [1.29, 1.82) is 0 Å². The standard InChI is InChI=1S/C11H21NO3/c1-8-5-12(6-9(7-13)15-8)10(14)11(2,3)4/h8-9,13H,5-7H2,1-4H3. The Hall–Kier alpha value is -0.610. The summed E-state index contributed by atoms with van der Waals surface area (Å²) in [6.45, 7) is 8.73. The molecule has 4 heteroatoms. The van der Waals surface area contributed by atoms with Crippen LogP contribution < -0.4 is 0 Å². The number of carbonyl (C=O) groups is 1. The summed E-state index contributed by atoms with van der Waals surface area (Å²) in [4.78, 5) is 13.8. The Morgan fingerprint density at radius 2 is 2.07 bits per heavy atom. The minimum absolute atomic E-state index is 0.00204. The lowest BCUT2D eigenvalue weighted by atomic mass is 9.94. The molecule has 1 N–H and O–H groups in total. The monoisotopic (exact) mass is 215 g/mol. The third kappa shape index (κ3) is 3.18. The van der Waals surface area contributed by atoms with Crippen molar-refractivity contribution in [3.63, 3.8) is 0 Å². The van der Waals surface area contributed by atoms with Gasteiger partial charge >= 0.3 is 0 Å². The Kier molecular flexibility index (Phi) is 3.73. The molecule has 1 fully saturated rings. The zero-order valence-corrected chi connectivity index (χ0v) is 9.99. The smallest absolute Gasteiger partial charge is 0.228 e. The molecule has 0 aromatic rings. The fourth-order valence-corrected chi connectivity index (χ4v) is 1.79. The van der Waals surface area contributed by atoms with Crippen molar-refractivity contribution in [1.82, 2.24) is 4.90 Å². The van der Waals surface area contributed by atoms with Crippen LogP contribution >= 0.6 is 0 Å². The first-order valence-corrected chi connectivity index (χ1v) is 5.40. The first-order chi connectivity index (χ1) is 6.84. The summed E-state index contributed by atoms with van der Waals surface area (Å²) in [5.74, 6) is 0.121. The SMILES string of the molecule is CC1CN(C(=O)C(C)(C)C)CC(CO)O1. The van der Waals surface area contributed by atoms with Crippen molar-refractivity contribution >= 4 is 5.91 Å². The molecule has 0 bridgehead atoms. The van der Waals surface area contributed by atoms with Gasteiger partial charge in [-0.1, -0.05) is 20.8 Å². The van der Waals surface area contributed by atoms with Gasteiger partial charge in [0.25, 0.3) is 0 Å². The van der Waals surface area contributed by atoms with Crippen LogP contribution in [0.25, 0.3) is 0 Å². The molecule has 0 saturated carbocycles. The highest BCUT2D eigenvalue weighted by molar-refractivity contribution is 5.81. The highest BCUT2D eigenvalue weighted by atomic mass is 16.5. The Labute approximate surface area is 91.2 Å². The summed E-state index contributed by atoms with van der Waals surface area (Å²) in [6.07, 6.45) is -0.234. The molecule has 1 aliphatic heterocycles. The maximum absolute atomic E-state index is 12.0. The van der Waals surface area contributed by atoms with E-state index in [1.165, 1.54) is 0 Å². The highest BCUT2D eigenvalue weighted by Gasteiger charge is 2.33. The van der Waals surface area contributed by atoms with E-state index in [2.05, 4.69) is 0 Å². The Balaban J connectivity index is 2.66. The molecule has 2 unspecified atom stereocenters. The van der Waals surface area contributed by atoms with Crippen LogP contribution in [0.2, 0.25) is 0 Å². The number of aliphatic hydroxyl groups excluding tert-OH is 1. The van der Waals surface area contributed by atoms with Crippen molar-refractivity contribution in [3.8, 4) is 0 Å². The van der Waals surface area contributed by atoms with E-state index in [4.69, 9.17) is 9.84 Å².